The van der Waals surface area contributed by atoms with Gasteiger partial charge in [0.25, 0.3) is 0 Å². The summed E-state index contributed by atoms with van der Waals surface area (Å²) in [5.41, 5.74) is 6.93. The SMILES string of the molecule is COc1ccc(-c2nc(CSc3nnc(-c4ccco4)n3CCC(N)=O)co2)cc1. The van der Waals surface area contributed by atoms with Gasteiger partial charge in [-0.05, 0) is 36.4 Å². The third kappa shape index (κ3) is 4.38. The molecule has 1 amide bonds. The van der Waals surface area contributed by atoms with E-state index in [0.29, 0.717) is 34.9 Å². The molecule has 0 aliphatic rings. The highest BCUT2D eigenvalue weighted by Gasteiger charge is 2.18. The van der Waals surface area contributed by atoms with Crippen molar-refractivity contribution in [3.8, 4) is 28.8 Å². The van der Waals surface area contributed by atoms with Gasteiger partial charge in [-0.3, -0.25) is 9.36 Å². The summed E-state index contributed by atoms with van der Waals surface area (Å²) in [6.07, 6.45) is 3.35. The maximum atomic E-state index is 11.3. The molecule has 4 aromatic rings. The second-order valence-corrected chi connectivity index (χ2v) is 7.26. The molecule has 0 radical (unpaired) electrons. The van der Waals surface area contributed by atoms with Crippen molar-refractivity contribution in [3.05, 3.63) is 54.6 Å². The normalized spacial score (nSPS) is 11.0. The Morgan fingerprint density at radius 3 is 2.73 bits per heavy atom. The highest BCUT2D eigenvalue weighted by molar-refractivity contribution is 7.98. The Bertz CT molecular complexity index is 1120. The van der Waals surface area contributed by atoms with Crippen LogP contribution >= 0.6 is 11.8 Å². The van der Waals surface area contributed by atoms with Gasteiger partial charge in [0.1, 0.15) is 12.0 Å². The number of hydrogen-bond donors (Lipinski definition) is 1. The van der Waals surface area contributed by atoms with Crippen LogP contribution < -0.4 is 10.5 Å². The molecule has 0 atom stereocenters. The van der Waals surface area contributed by atoms with Gasteiger partial charge < -0.3 is 19.3 Å². The first-order chi connectivity index (χ1) is 14.6. The minimum atomic E-state index is -0.398. The number of carbonyl (C=O) groups excluding carboxylic acids is 1. The van der Waals surface area contributed by atoms with Gasteiger partial charge in [0.05, 0.1) is 19.1 Å². The smallest absolute Gasteiger partial charge is 0.226 e. The molecule has 0 aliphatic heterocycles. The van der Waals surface area contributed by atoms with Crippen LogP contribution in [0.15, 0.2) is 62.9 Å². The van der Waals surface area contributed by atoms with Gasteiger partial charge in [0.15, 0.2) is 16.7 Å². The first-order valence-electron chi connectivity index (χ1n) is 9.11. The third-order valence-corrected chi connectivity index (χ3v) is 5.28. The molecule has 3 heterocycles. The fraction of sp³-hybridized carbons (Fsp3) is 0.200. The van der Waals surface area contributed by atoms with Crippen LogP contribution in [0.4, 0.5) is 0 Å². The Balaban J connectivity index is 1.49. The molecular formula is C20H19N5O4S. The quantitative estimate of drug-likeness (QED) is 0.405. The predicted molar refractivity (Wildman–Crippen MR) is 110 cm³/mol. The minimum absolute atomic E-state index is 0.172. The van der Waals surface area contributed by atoms with Crippen molar-refractivity contribution in [3.63, 3.8) is 0 Å². The predicted octanol–water partition coefficient (Wildman–Crippen LogP) is 3.37. The first kappa shape index (κ1) is 19.8. The van der Waals surface area contributed by atoms with Crippen molar-refractivity contribution in [2.75, 3.05) is 7.11 Å². The lowest BCUT2D eigenvalue weighted by Gasteiger charge is -2.07. The van der Waals surface area contributed by atoms with E-state index in [-0.39, 0.29) is 6.42 Å². The number of benzene rings is 1. The molecule has 30 heavy (non-hydrogen) atoms. The summed E-state index contributed by atoms with van der Waals surface area (Å²) < 4.78 is 18.0. The summed E-state index contributed by atoms with van der Waals surface area (Å²) in [6, 6.07) is 11.0. The Morgan fingerprint density at radius 2 is 2.03 bits per heavy atom. The molecule has 0 saturated heterocycles. The number of methoxy groups -OCH3 is 1. The van der Waals surface area contributed by atoms with E-state index in [2.05, 4.69) is 15.2 Å². The highest BCUT2D eigenvalue weighted by atomic mass is 32.2. The molecule has 3 aromatic heterocycles. The topological polar surface area (TPSA) is 122 Å². The summed E-state index contributed by atoms with van der Waals surface area (Å²) in [5, 5.41) is 9.09. The summed E-state index contributed by atoms with van der Waals surface area (Å²) in [6.45, 7) is 0.358. The van der Waals surface area contributed by atoms with E-state index in [0.717, 1.165) is 17.0 Å². The Labute approximate surface area is 176 Å². The molecule has 0 unspecified atom stereocenters. The van der Waals surface area contributed by atoms with Crippen molar-refractivity contribution in [1.82, 2.24) is 19.7 Å². The average molecular weight is 425 g/mol. The van der Waals surface area contributed by atoms with Crippen molar-refractivity contribution in [1.29, 1.82) is 0 Å². The Kier molecular flexibility index (Phi) is 5.84. The van der Waals surface area contributed by atoms with Crippen LogP contribution in [0.2, 0.25) is 0 Å². The number of hydrogen-bond acceptors (Lipinski definition) is 8. The van der Waals surface area contributed by atoms with Crippen LogP contribution in [-0.4, -0.2) is 32.8 Å². The van der Waals surface area contributed by atoms with Gasteiger partial charge >= 0.3 is 0 Å². The number of carbonyl (C=O) groups is 1. The summed E-state index contributed by atoms with van der Waals surface area (Å²) in [4.78, 5) is 15.8. The molecule has 0 saturated carbocycles. The molecule has 0 aliphatic carbocycles. The number of aromatic nitrogens is 4. The van der Waals surface area contributed by atoms with E-state index in [1.54, 1.807) is 31.8 Å². The molecule has 9 nitrogen and oxygen atoms in total. The van der Waals surface area contributed by atoms with Gasteiger partial charge in [-0.1, -0.05) is 11.8 Å². The van der Waals surface area contributed by atoms with Gasteiger partial charge in [0, 0.05) is 24.3 Å². The molecule has 2 N–H and O–H groups in total. The number of ether oxygens (including phenoxy) is 1. The summed E-state index contributed by atoms with van der Waals surface area (Å²) >= 11 is 1.44. The summed E-state index contributed by atoms with van der Waals surface area (Å²) in [7, 11) is 1.62. The first-order valence-corrected chi connectivity index (χ1v) is 10.1. The lowest BCUT2D eigenvalue weighted by atomic mass is 10.2. The van der Waals surface area contributed by atoms with Crippen LogP contribution in [0.3, 0.4) is 0 Å². The van der Waals surface area contributed by atoms with Gasteiger partial charge in [-0.15, -0.1) is 10.2 Å². The number of rotatable bonds is 9. The molecule has 154 valence electrons. The molecule has 4 rings (SSSR count). The van der Waals surface area contributed by atoms with Crippen molar-refractivity contribution in [2.24, 2.45) is 5.73 Å². The number of oxazole rings is 1. The summed E-state index contributed by atoms with van der Waals surface area (Å²) in [5.74, 6) is 2.53. The van der Waals surface area contributed by atoms with Gasteiger partial charge in [0.2, 0.25) is 11.8 Å². The minimum Gasteiger partial charge on any atom is -0.497 e. The lowest BCUT2D eigenvalue weighted by molar-refractivity contribution is -0.118. The van der Waals surface area contributed by atoms with Crippen LogP contribution in [0, 0.1) is 0 Å². The molecule has 1 aromatic carbocycles. The van der Waals surface area contributed by atoms with Crippen molar-refractivity contribution < 1.29 is 18.4 Å². The van der Waals surface area contributed by atoms with Gasteiger partial charge in [-0.2, -0.15) is 0 Å². The number of nitrogens with zero attached hydrogens (tertiary/aromatic N) is 4. The fourth-order valence-electron chi connectivity index (χ4n) is 2.79. The van der Waals surface area contributed by atoms with E-state index in [1.807, 2.05) is 28.8 Å². The van der Waals surface area contributed by atoms with Crippen molar-refractivity contribution >= 4 is 17.7 Å². The van der Waals surface area contributed by atoms with E-state index < -0.39 is 5.91 Å². The zero-order valence-electron chi connectivity index (χ0n) is 16.1. The lowest BCUT2D eigenvalue weighted by Crippen LogP contribution is -2.15. The Morgan fingerprint density at radius 1 is 1.20 bits per heavy atom. The second kappa shape index (κ2) is 8.87. The number of primary amides is 1. The second-order valence-electron chi connectivity index (χ2n) is 6.31. The highest BCUT2D eigenvalue weighted by Crippen LogP contribution is 2.28. The van der Waals surface area contributed by atoms with E-state index >= 15 is 0 Å². The van der Waals surface area contributed by atoms with E-state index in [1.165, 1.54) is 11.8 Å². The molecule has 0 bridgehead atoms. The maximum absolute atomic E-state index is 11.3. The van der Waals surface area contributed by atoms with E-state index in [4.69, 9.17) is 19.3 Å². The molecule has 0 spiro atoms. The molecule has 0 fully saturated rings. The van der Waals surface area contributed by atoms with Crippen LogP contribution in [-0.2, 0) is 17.1 Å². The molecule has 10 heteroatoms. The van der Waals surface area contributed by atoms with Crippen LogP contribution in [0.1, 0.15) is 12.1 Å². The zero-order valence-corrected chi connectivity index (χ0v) is 17.0. The van der Waals surface area contributed by atoms with E-state index in [9.17, 15) is 4.79 Å². The van der Waals surface area contributed by atoms with Gasteiger partial charge in [-0.25, -0.2) is 4.98 Å². The number of thioether (sulfide) groups is 1. The third-order valence-electron chi connectivity index (χ3n) is 4.28. The Hall–Kier alpha value is -3.53. The number of amides is 1. The molecular weight excluding hydrogens is 406 g/mol. The van der Waals surface area contributed by atoms with Crippen LogP contribution in [0.5, 0.6) is 5.75 Å². The average Bonchev–Trinajstić information content (AvgIpc) is 3.51. The standard InChI is InChI=1S/C20H19N5O4S/c1-27-15-6-4-13(5-7-15)19-22-14(11-29-19)12-30-20-24-23-18(16-3-2-10-28-16)25(20)9-8-17(21)26/h2-7,10-11H,8-9,12H2,1H3,(H2,21,26). The monoisotopic (exact) mass is 425 g/mol. The maximum Gasteiger partial charge on any atom is 0.226 e. The van der Waals surface area contributed by atoms with Crippen molar-refractivity contribution in [2.45, 2.75) is 23.9 Å². The fourth-order valence-corrected chi connectivity index (χ4v) is 3.63. The zero-order chi connectivity index (χ0) is 20.9. The van der Waals surface area contributed by atoms with Crippen LogP contribution in [0.25, 0.3) is 23.0 Å². The number of nitrogens with two attached hydrogens (primary N) is 1. The number of furan rings is 1. The largest absolute Gasteiger partial charge is 0.497 e.